The lowest BCUT2D eigenvalue weighted by Gasteiger charge is -2.32. The molecule has 2 heterocycles. The molecule has 0 spiro atoms. The molecule has 1 saturated heterocycles. The second-order valence-electron chi connectivity index (χ2n) is 8.25. The minimum Gasteiger partial charge on any atom is -0.337 e. The molecule has 2 aromatic rings. The summed E-state index contributed by atoms with van der Waals surface area (Å²) in [5, 5.41) is 5.71. The molecule has 3 rings (SSSR count). The molecule has 174 valence electrons. The number of hydrogen-bond donors (Lipinski definition) is 3. The van der Waals surface area contributed by atoms with E-state index in [2.05, 4.69) is 25.2 Å². The van der Waals surface area contributed by atoms with Crippen LogP contribution in [0.2, 0.25) is 0 Å². The molecular weight excluding hydrogens is 426 g/mol. The Bertz CT molecular complexity index is 996. The van der Waals surface area contributed by atoms with Crippen molar-refractivity contribution in [3.05, 3.63) is 53.3 Å². The number of carbonyl (C=O) groups excluding carboxylic acids is 1. The van der Waals surface area contributed by atoms with Crippen LogP contribution in [0.5, 0.6) is 0 Å². The van der Waals surface area contributed by atoms with Gasteiger partial charge in [-0.25, -0.2) is 17.9 Å². The number of nitrogens with one attached hydrogen (secondary N) is 3. The summed E-state index contributed by atoms with van der Waals surface area (Å²) in [6, 6.07) is 10.4. The van der Waals surface area contributed by atoms with Crippen molar-refractivity contribution in [2.45, 2.75) is 51.0 Å². The summed E-state index contributed by atoms with van der Waals surface area (Å²) in [6.45, 7) is 8.64. The highest BCUT2D eigenvalue weighted by molar-refractivity contribution is 7.89. The molecule has 8 nitrogen and oxygen atoms in total. The Kier molecular flexibility index (Phi) is 8.22. The Morgan fingerprint density at radius 2 is 1.72 bits per heavy atom. The normalized spacial score (nSPS) is 15.5. The molecule has 1 aromatic heterocycles. The van der Waals surface area contributed by atoms with Crippen molar-refractivity contribution < 1.29 is 13.2 Å². The molecule has 1 fully saturated rings. The van der Waals surface area contributed by atoms with E-state index in [1.807, 2.05) is 45.0 Å². The van der Waals surface area contributed by atoms with E-state index >= 15 is 0 Å². The first-order chi connectivity index (χ1) is 15.2. The van der Waals surface area contributed by atoms with Crippen LogP contribution in [0.15, 0.2) is 41.3 Å². The van der Waals surface area contributed by atoms with E-state index in [9.17, 15) is 13.2 Å². The van der Waals surface area contributed by atoms with Crippen LogP contribution in [-0.4, -0.2) is 56.6 Å². The van der Waals surface area contributed by atoms with Crippen molar-refractivity contribution in [2.24, 2.45) is 0 Å². The van der Waals surface area contributed by atoms with Gasteiger partial charge in [-0.3, -0.25) is 4.98 Å². The van der Waals surface area contributed by atoms with Crippen LogP contribution in [0.4, 0.5) is 10.5 Å². The van der Waals surface area contributed by atoms with Gasteiger partial charge in [-0.15, -0.1) is 0 Å². The van der Waals surface area contributed by atoms with Gasteiger partial charge in [0.05, 0.1) is 4.90 Å². The van der Waals surface area contributed by atoms with Gasteiger partial charge in [-0.05, 0) is 76.0 Å². The zero-order valence-electron chi connectivity index (χ0n) is 19.0. The van der Waals surface area contributed by atoms with Gasteiger partial charge in [-0.1, -0.05) is 19.1 Å². The standard InChI is InChI=1S/C23H33N5O3S/c1-4-19-5-7-22(8-6-19)32(30,31)27-20-9-12-28(13-10-20)14-11-24-23(29)26-21-15-17(2)25-18(3)16-21/h5-8,15-16,20,27H,4,9-14H2,1-3H3,(H2,24,25,26,29). The predicted octanol–water partition coefficient (Wildman–Crippen LogP) is 2.83. The number of rotatable bonds is 8. The van der Waals surface area contributed by atoms with Crippen LogP contribution in [-0.2, 0) is 16.4 Å². The van der Waals surface area contributed by atoms with E-state index < -0.39 is 10.0 Å². The summed E-state index contributed by atoms with van der Waals surface area (Å²) in [5.41, 5.74) is 3.56. The topological polar surface area (TPSA) is 103 Å². The minimum absolute atomic E-state index is 0.0727. The summed E-state index contributed by atoms with van der Waals surface area (Å²) in [7, 11) is -3.50. The lowest BCUT2D eigenvalue weighted by atomic mass is 10.1. The number of aryl methyl sites for hydroxylation is 3. The van der Waals surface area contributed by atoms with E-state index in [0.29, 0.717) is 11.4 Å². The van der Waals surface area contributed by atoms with E-state index in [0.717, 1.165) is 61.5 Å². The fourth-order valence-corrected chi connectivity index (χ4v) is 5.18. The number of benzene rings is 1. The van der Waals surface area contributed by atoms with Crippen molar-refractivity contribution in [1.29, 1.82) is 0 Å². The van der Waals surface area contributed by atoms with Crippen molar-refractivity contribution in [1.82, 2.24) is 19.9 Å². The number of nitrogens with zero attached hydrogens (tertiary/aromatic N) is 2. The lowest BCUT2D eigenvalue weighted by Crippen LogP contribution is -2.46. The summed E-state index contributed by atoms with van der Waals surface area (Å²) in [5.74, 6) is 0. The fourth-order valence-electron chi connectivity index (χ4n) is 3.88. The third kappa shape index (κ3) is 7.01. The number of hydrogen-bond acceptors (Lipinski definition) is 5. The van der Waals surface area contributed by atoms with Gasteiger partial charge in [-0.2, -0.15) is 0 Å². The maximum atomic E-state index is 12.6. The van der Waals surface area contributed by atoms with E-state index in [4.69, 9.17) is 0 Å². The number of urea groups is 1. The first-order valence-electron chi connectivity index (χ1n) is 11.1. The first kappa shape index (κ1) is 24.2. The quantitative estimate of drug-likeness (QED) is 0.563. The molecule has 0 unspecified atom stereocenters. The Labute approximate surface area is 190 Å². The number of sulfonamides is 1. The van der Waals surface area contributed by atoms with Crippen molar-refractivity contribution >= 4 is 21.7 Å². The van der Waals surface area contributed by atoms with Crippen LogP contribution < -0.4 is 15.4 Å². The van der Waals surface area contributed by atoms with Crippen LogP contribution in [0.3, 0.4) is 0 Å². The van der Waals surface area contributed by atoms with Crippen molar-refractivity contribution in [3.8, 4) is 0 Å². The molecule has 0 bridgehead atoms. The number of carbonyl (C=O) groups is 1. The van der Waals surface area contributed by atoms with E-state index in [1.165, 1.54) is 0 Å². The third-order valence-corrected chi connectivity index (χ3v) is 7.14. The SMILES string of the molecule is CCc1ccc(S(=O)(=O)NC2CCN(CCNC(=O)Nc3cc(C)nc(C)c3)CC2)cc1. The monoisotopic (exact) mass is 459 g/mol. The Morgan fingerprint density at radius 3 is 2.31 bits per heavy atom. The zero-order chi connectivity index (χ0) is 23.1. The number of aromatic nitrogens is 1. The smallest absolute Gasteiger partial charge is 0.319 e. The highest BCUT2D eigenvalue weighted by Gasteiger charge is 2.24. The van der Waals surface area contributed by atoms with Gasteiger partial charge >= 0.3 is 6.03 Å². The Hall–Kier alpha value is -2.49. The molecule has 32 heavy (non-hydrogen) atoms. The highest BCUT2D eigenvalue weighted by Crippen LogP contribution is 2.16. The van der Waals surface area contributed by atoms with Gasteiger partial charge in [0.1, 0.15) is 0 Å². The predicted molar refractivity (Wildman–Crippen MR) is 126 cm³/mol. The van der Waals surface area contributed by atoms with Gasteiger partial charge in [0.25, 0.3) is 0 Å². The van der Waals surface area contributed by atoms with Crippen LogP contribution in [0.25, 0.3) is 0 Å². The lowest BCUT2D eigenvalue weighted by molar-refractivity contribution is 0.206. The summed E-state index contributed by atoms with van der Waals surface area (Å²) in [4.78, 5) is 19.0. The molecule has 1 aliphatic heterocycles. The summed E-state index contributed by atoms with van der Waals surface area (Å²) >= 11 is 0. The number of amides is 2. The molecule has 9 heteroatoms. The van der Waals surface area contributed by atoms with Gasteiger partial charge < -0.3 is 15.5 Å². The largest absolute Gasteiger partial charge is 0.337 e. The number of piperidine rings is 1. The Morgan fingerprint density at radius 1 is 1.09 bits per heavy atom. The summed E-state index contributed by atoms with van der Waals surface area (Å²) < 4.78 is 28.1. The molecule has 3 N–H and O–H groups in total. The van der Waals surface area contributed by atoms with E-state index in [-0.39, 0.29) is 12.1 Å². The molecule has 2 amide bonds. The second kappa shape index (κ2) is 10.9. The van der Waals surface area contributed by atoms with Crippen LogP contribution in [0.1, 0.15) is 36.7 Å². The average Bonchev–Trinajstić information content (AvgIpc) is 2.74. The number of pyridine rings is 1. The highest BCUT2D eigenvalue weighted by atomic mass is 32.2. The second-order valence-corrected chi connectivity index (χ2v) is 9.97. The van der Waals surface area contributed by atoms with Crippen LogP contribution in [0, 0.1) is 13.8 Å². The van der Waals surface area contributed by atoms with Crippen LogP contribution >= 0.6 is 0 Å². The molecule has 1 aliphatic rings. The van der Waals surface area contributed by atoms with Crippen molar-refractivity contribution in [2.75, 3.05) is 31.5 Å². The minimum atomic E-state index is -3.50. The average molecular weight is 460 g/mol. The molecular formula is C23H33N5O3S. The molecule has 1 aromatic carbocycles. The molecule has 0 saturated carbocycles. The van der Waals surface area contributed by atoms with Crippen molar-refractivity contribution in [3.63, 3.8) is 0 Å². The summed E-state index contributed by atoms with van der Waals surface area (Å²) in [6.07, 6.45) is 2.37. The van der Waals surface area contributed by atoms with E-state index in [1.54, 1.807) is 12.1 Å². The first-order valence-corrected chi connectivity index (χ1v) is 12.6. The maximum Gasteiger partial charge on any atom is 0.319 e. The number of anilines is 1. The third-order valence-electron chi connectivity index (χ3n) is 5.60. The maximum absolute atomic E-state index is 12.6. The Balaban J connectivity index is 1.38. The van der Waals surface area contributed by atoms with Gasteiger partial charge in [0.15, 0.2) is 0 Å². The fraction of sp³-hybridized carbons (Fsp3) is 0.478. The molecule has 0 radical (unpaired) electrons. The van der Waals surface area contributed by atoms with Gasteiger partial charge in [0, 0.05) is 36.2 Å². The van der Waals surface area contributed by atoms with Gasteiger partial charge in [0.2, 0.25) is 10.0 Å². The number of likely N-dealkylation sites (tertiary alicyclic amines) is 1. The zero-order valence-corrected chi connectivity index (χ0v) is 19.8. The molecule has 0 atom stereocenters. The molecule has 0 aliphatic carbocycles.